The van der Waals surface area contributed by atoms with Gasteiger partial charge in [-0.2, -0.15) is 5.26 Å². The normalized spacial score (nSPS) is 10.3. The van der Waals surface area contributed by atoms with Crippen LogP contribution >= 0.6 is 11.3 Å². The SMILES string of the molecule is CCOC(=O)c1sc(-c2ccc(OCc3ccccc3)c(C#N)c2)nc1C. The minimum Gasteiger partial charge on any atom is -0.488 e. The molecule has 0 bridgehead atoms. The maximum Gasteiger partial charge on any atom is 0.350 e. The van der Waals surface area contributed by atoms with E-state index < -0.39 is 0 Å². The number of rotatable bonds is 6. The molecule has 0 aliphatic rings. The van der Waals surface area contributed by atoms with Crippen molar-refractivity contribution in [1.82, 2.24) is 4.98 Å². The van der Waals surface area contributed by atoms with Crippen molar-refractivity contribution in [2.45, 2.75) is 20.5 Å². The summed E-state index contributed by atoms with van der Waals surface area (Å²) in [6.07, 6.45) is 0. The van der Waals surface area contributed by atoms with E-state index in [1.165, 1.54) is 11.3 Å². The van der Waals surface area contributed by atoms with Crippen LogP contribution in [0.4, 0.5) is 0 Å². The van der Waals surface area contributed by atoms with Crippen molar-refractivity contribution in [3.8, 4) is 22.4 Å². The average molecular weight is 378 g/mol. The molecule has 0 saturated carbocycles. The largest absolute Gasteiger partial charge is 0.488 e. The van der Waals surface area contributed by atoms with Crippen molar-refractivity contribution in [2.75, 3.05) is 6.61 Å². The number of ether oxygens (including phenoxy) is 2. The van der Waals surface area contributed by atoms with Gasteiger partial charge in [0.05, 0.1) is 17.9 Å². The molecule has 0 aliphatic heterocycles. The van der Waals surface area contributed by atoms with Crippen molar-refractivity contribution in [3.05, 3.63) is 70.2 Å². The standard InChI is InChI=1S/C21H18N2O3S/c1-3-25-21(24)19-14(2)23-20(27-19)16-9-10-18(17(11-16)12-22)26-13-15-7-5-4-6-8-15/h4-11H,3,13H2,1-2H3. The molecule has 5 nitrogen and oxygen atoms in total. The van der Waals surface area contributed by atoms with Gasteiger partial charge in [0, 0.05) is 5.56 Å². The number of nitrogens with zero attached hydrogens (tertiary/aromatic N) is 2. The van der Waals surface area contributed by atoms with Crippen LogP contribution in [0.5, 0.6) is 5.75 Å². The molecule has 0 saturated heterocycles. The molecule has 3 aromatic rings. The van der Waals surface area contributed by atoms with Gasteiger partial charge < -0.3 is 9.47 Å². The van der Waals surface area contributed by atoms with Gasteiger partial charge in [-0.3, -0.25) is 0 Å². The lowest BCUT2D eigenvalue weighted by Gasteiger charge is -2.09. The van der Waals surface area contributed by atoms with Gasteiger partial charge in [0.25, 0.3) is 0 Å². The minimum absolute atomic E-state index is 0.317. The zero-order valence-electron chi connectivity index (χ0n) is 15.1. The second kappa shape index (κ2) is 8.47. The number of nitriles is 1. The first kappa shape index (κ1) is 18.6. The maximum atomic E-state index is 12.0. The van der Waals surface area contributed by atoms with Crippen LogP contribution in [0.15, 0.2) is 48.5 Å². The van der Waals surface area contributed by atoms with Crippen LogP contribution in [0.1, 0.15) is 33.4 Å². The van der Waals surface area contributed by atoms with Gasteiger partial charge in [-0.15, -0.1) is 11.3 Å². The highest BCUT2D eigenvalue weighted by atomic mass is 32.1. The Labute approximate surface area is 161 Å². The van der Waals surface area contributed by atoms with Crippen LogP contribution in [-0.2, 0) is 11.3 Å². The lowest BCUT2D eigenvalue weighted by atomic mass is 10.1. The zero-order valence-corrected chi connectivity index (χ0v) is 15.9. The van der Waals surface area contributed by atoms with Crippen LogP contribution < -0.4 is 4.74 Å². The van der Waals surface area contributed by atoms with Gasteiger partial charge in [-0.1, -0.05) is 30.3 Å². The van der Waals surface area contributed by atoms with E-state index in [2.05, 4.69) is 11.1 Å². The van der Waals surface area contributed by atoms with Crippen LogP contribution in [0.3, 0.4) is 0 Å². The van der Waals surface area contributed by atoms with Crippen molar-refractivity contribution in [1.29, 1.82) is 5.26 Å². The van der Waals surface area contributed by atoms with Crippen molar-refractivity contribution >= 4 is 17.3 Å². The first-order valence-electron chi connectivity index (χ1n) is 8.48. The number of thiazole rings is 1. The summed E-state index contributed by atoms with van der Waals surface area (Å²) < 4.78 is 10.8. The molecule has 0 spiro atoms. The number of hydrogen-bond acceptors (Lipinski definition) is 6. The van der Waals surface area contributed by atoms with E-state index in [4.69, 9.17) is 9.47 Å². The highest BCUT2D eigenvalue weighted by Crippen LogP contribution is 2.31. The predicted octanol–water partition coefficient (Wildman–Crippen LogP) is 4.75. The second-order valence-corrected chi connectivity index (χ2v) is 6.75. The Balaban J connectivity index is 1.83. The van der Waals surface area contributed by atoms with Crippen LogP contribution in [0.2, 0.25) is 0 Å². The number of aryl methyl sites for hydroxylation is 1. The zero-order chi connectivity index (χ0) is 19.2. The van der Waals surface area contributed by atoms with Crippen molar-refractivity contribution < 1.29 is 14.3 Å². The fraction of sp³-hybridized carbons (Fsp3) is 0.190. The Morgan fingerprint density at radius 1 is 1.22 bits per heavy atom. The summed E-state index contributed by atoms with van der Waals surface area (Å²) in [5.74, 6) is 0.145. The third kappa shape index (κ3) is 4.33. The third-order valence-corrected chi connectivity index (χ3v) is 5.03. The minimum atomic E-state index is -0.373. The van der Waals surface area contributed by atoms with E-state index in [1.54, 1.807) is 26.0 Å². The molecule has 0 radical (unpaired) electrons. The van der Waals surface area contributed by atoms with Gasteiger partial charge in [0.2, 0.25) is 0 Å². The van der Waals surface area contributed by atoms with Gasteiger partial charge in [0.1, 0.15) is 28.3 Å². The lowest BCUT2D eigenvalue weighted by Crippen LogP contribution is -2.03. The first-order chi connectivity index (χ1) is 13.1. The Bertz CT molecular complexity index is 990. The number of carbonyl (C=O) groups is 1. The molecule has 27 heavy (non-hydrogen) atoms. The molecule has 136 valence electrons. The van der Waals surface area contributed by atoms with E-state index in [0.29, 0.717) is 40.1 Å². The van der Waals surface area contributed by atoms with Crippen LogP contribution in [0, 0.1) is 18.3 Å². The van der Waals surface area contributed by atoms with Crippen LogP contribution in [-0.4, -0.2) is 17.6 Å². The molecule has 0 atom stereocenters. The van der Waals surface area contributed by atoms with E-state index in [0.717, 1.165) is 11.1 Å². The van der Waals surface area contributed by atoms with E-state index in [-0.39, 0.29) is 5.97 Å². The summed E-state index contributed by atoms with van der Waals surface area (Å²) >= 11 is 1.26. The average Bonchev–Trinajstić information content (AvgIpc) is 3.09. The number of hydrogen-bond donors (Lipinski definition) is 0. The molecule has 0 fully saturated rings. The fourth-order valence-corrected chi connectivity index (χ4v) is 3.47. The Morgan fingerprint density at radius 2 is 2.00 bits per heavy atom. The number of benzene rings is 2. The second-order valence-electron chi connectivity index (χ2n) is 5.75. The summed E-state index contributed by atoms with van der Waals surface area (Å²) in [4.78, 5) is 16.9. The van der Waals surface area contributed by atoms with Crippen molar-refractivity contribution in [2.24, 2.45) is 0 Å². The van der Waals surface area contributed by atoms with Crippen molar-refractivity contribution in [3.63, 3.8) is 0 Å². The summed E-state index contributed by atoms with van der Waals surface area (Å²) in [5, 5.41) is 10.2. The molecule has 6 heteroatoms. The van der Waals surface area contributed by atoms with E-state index in [9.17, 15) is 10.1 Å². The van der Waals surface area contributed by atoms with Gasteiger partial charge in [-0.25, -0.2) is 9.78 Å². The number of esters is 1. The molecular formula is C21H18N2O3S. The topological polar surface area (TPSA) is 72.2 Å². The molecule has 1 aromatic heterocycles. The van der Waals surface area contributed by atoms with Crippen LogP contribution in [0.25, 0.3) is 10.6 Å². The Kier molecular flexibility index (Phi) is 5.84. The highest BCUT2D eigenvalue weighted by Gasteiger charge is 2.18. The quantitative estimate of drug-likeness (QED) is 0.579. The summed E-state index contributed by atoms with van der Waals surface area (Å²) in [6, 6.07) is 17.3. The molecule has 0 unspecified atom stereocenters. The predicted molar refractivity (Wildman–Crippen MR) is 104 cm³/mol. The lowest BCUT2D eigenvalue weighted by molar-refractivity contribution is 0.0531. The Hall–Kier alpha value is -3.17. The number of aromatic nitrogens is 1. The fourth-order valence-electron chi connectivity index (χ4n) is 2.52. The molecular weight excluding hydrogens is 360 g/mol. The summed E-state index contributed by atoms with van der Waals surface area (Å²) in [6.45, 7) is 4.24. The summed E-state index contributed by atoms with van der Waals surface area (Å²) in [5.41, 5.74) is 2.84. The molecule has 0 N–H and O–H groups in total. The first-order valence-corrected chi connectivity index (χ1v) is 9.29. The van der Waals surface area contributed by atoms with Gasteiger partial charge in [-0.05, 0) is 37.6 Å². The van der Waals surface area contributed by atoms with E-state index >= 15 is 0 Å². The smallest absolute Gasteiger partial charge is 0.350 e. The molecule has 1 heterocycles. The molecule has 0 amide bonds. The number of carbonyl (C=O) groups excluding carboxylic acids is 1. The summed E-state index contributed by atoms with van der Waals surface area (Å²) in [7, 11) is 0. The molecule has 2 aromatic carbocycles. The molecule has 0 aliphatic carbocycles. The third-order valence-electron chi connectivity index (χ3n) is 3.84. The molecule has 3 rings (SSSR count). The Morgan fingerprint density at radius 3 is 2.70 bits per heavy atom. The maximum absolute atomic E-state index is 12.0. The monoisotopic (exact) mass is 378 g/mol. The highest BCUT2D eigenvalue weighted by molar-refractivity contribution is 7.17. The van der Waals surface area contributed by atoms with E-state index in [1.807, 2.05) is 36.4 Å². The van der Waals surface area contributed by atoms with Gasteiger partial charge >= 0.3 is 5.97 Å². The van der Waals surface area contributed by atoms with Gasteiger partial charge in [0.15, 0.2) is 0 Å².